The largest absolute Gasteiger partial charge is 0.318 e. The Labute approximate surface area is 105 Å². The first kappa shape index (κ1) is 12.6. The molecule has 2 heteroatoms. The van der Waals surface area contributed by atoms with Crippen molar-refractivity contribution < 1.29 is 0 Å². The van der Waals surface area contributed by atoms with Crippen LogP contribution in [0.3, 0.4) is 0 Å². The molecule has 0 radical (unpaired) electrons. The van der Waals surface area contributed by atoms with Gasteiger partial charge in [0.15, 0.2) is 0 Å². The zero-order valence-electron chi connectivity index (χ0n) is 11.1. The molecule has 1 aromatic carbocycles. The molecule has 0 saturated carbocycles. The van der Waals surface area contributed by atoms with Crippen molar-refractivity contribution in [3.8, 4) is 0 Å². The fraction of sp³-hybridized carbons (Fsp3) is 0.600. The van der Waals surface area contributed by atoms with Crippen LogP contribution < -0.4 is 5.32 Å². The van der Waals surface area contributed by atoms with Gasteiger partial charge in [-0.1, -0.05) is 36.8 Å². The monoisotopic (exact) mass is 232 g/mol. The highest BCUT2D eigenvalue weighted by Gasteiger charge is 2.35. The highest BCUT2D eigenvalue weighted by molar-refractivity contribution is 5.18. The number of piperidine rings is 1. The van der Waals surface area contributed by atoms with Crippen LogP contribution in [-0.2, 0) is 6.42 Å². The van der Waals surface area contributed by atoms with Gasteiger partial charge in [0.05, 0.1) is 0 Å². The number of nitrogens with zero attached hydrogens (tertiary/aromatic N) is 1. The average molecular weight is 232 g/mol. The van der Waals surface area contributed by atoms with Gasteiger partial charge < -0.3 is 5.32 Å². The second-order valence-corrected chi connectivity index (χ2v) is 5.30. The molecule has 1 fully saturated rings. The number of likely N-dealkylation sites (tertiary alicyclic amines) is 1. The number of likely N-dealkylation sites (N-methyl/N-ethyl adjacent to an activating group) is 2. The molecular formula is C15H24N2. The summed E-state index contributed by atoms with van der Waals surface area (Å²) >= 11 is 0. The zero-order valence-corrected chi connectivity index (χ0v) is 11.1. The van der Waals surface area contributed by atoms with Crippen molar-refractivity contribution in [2.24, 2.45) is 0 Å². The fourth-order valence-corrected chi connectivity index (χ4v) is 3.05. The van der Waals surface area contributed by atoms with Crippen molar-refractivity contribution in [2.45, 2.75) is 31.2 Å². The maximum absolute atomic E-state index is 3.39. The van der Waals surface area contributed by atoms with E-state index in [2.05, 4.69) is 54.6 Å². The van der Waals surface area contributed by atoms with Crippen LogP contribution in [0, 0.1) is 0 Å². The number of hydrogen-bond acceptors (Lipinski definition) is 2. The molecule has 0 spiro atoms. The zero-order chi connectivity index (χ0) is 12.1. The van der Waals surface area contributed by atoms with Crippen LogP contribution in [-0.4, -0.2) is 37.6 Å². The Morgan fingerprint density at radius 2 is 2.00 bits per heavy atom. The van der Waals surface area contributed by atoms with Crippen LogP contribution in [0.4, 0.5) is 0 Å². The Bertz CT molecular complexity index is 332. The SMILES string of the molecule is CNCC1(Cc2ccccc2)CCCCN1C. The summed E-state index contributed by atoms with van der Waals surface area (Å²) in [5.74, 6) is 0. The summed E-state index contributed by atoms with van der Waals surface area (Å²) in [6, 6.07) is 10.9. The van der Waals surface area contributed by atoms with E-state index < -0.39 is 0 Å². The maximum Gasteiger partial charge on any atom is 0.0371 e. The summed E-state index contributed by atoms with van der Waals surface area (Å²) in [7, 11) is 4.34. The molecule has 1 atom stereocenters. The predicted molar refractivity (Wildman–Crippen MR) is 73.3 cm³/mol. The average Bonchev–Trinajstić information content (AvgIpc) is 2.35. The summed E-state index contributed by atoms with van der Waals surface area (Å²) < 4.78 is 0. The van der Waals surface area contributed by atoms with E-state index in [0.717, 1.165) is 13.0 Å². The summed E-state index contributed by atoms with van der Waals surface area (Å²) in [6.07, 6.45) is 5.17. The van der Waals surface area contributed by atoms with E-state index in [0.29, 0.717) is 5.54 Å². The third-order valence-electron chi connectivity index (χ3n) is 4.08. The summed E-state index contributed by atoms with van der Waals surface area (Å²) in [6.45, 7) is 2.31. The van der Waals surface area contributed by atoms with Crippen molar-refractivity contribution in [2.75, 3.05) is 27.2 Å². The third-order valence-corrected chi connectivity index (χ3v) is 4.08. The van der Waals surface area contributed by atoms with Crippen molar-refractivity contribution >= 4 is 0 Å². The molecule has 17 heavy (non-hydrogen) atoms. The maximum atomic E-state index is 3.39. The fourth-order valence-electron chi connectivity index (χ4n) is 3.05. The van der Waals surface area contributed by atoms with E-state index >= 15 is 0 Å². The Hall–Kier alpha value is -0.860. The van der Waals surface area contributed by atoms with Gasteiger partial charge >= 0.3 is 0 Å². The molecule has 1 saturated heterocycles. The molecule has 0 amide bonds. The number of rotatable bonds is 4. The Kier molecular flexibility index (Phi) is 4.19. The van der Waals surface area contributed by atoms with Crippen molar-refractivity contribution in [1.82, 2.24) is 10.2 Å². The topological polar surface area (TPSA) is 15.3 Å². The van der Waals surface area contributed by atoms with Gasteiger partial charge in [0, 0.05) is 12.1 Å². The number of nitrogens with one attached hydrogen (secondary N) is 1. The van der Waals surface area contributed by atoms with Gasteiger partial charge in [-0.05, 0) is 45.5 Å². The van der Waals surface area contributed by atoms with Gasteiger partial charge in [0.1, 0.15) is 0 Å². The van der Waals surface area contributed by atoms with E-state index in [4.69, 9.17) is 0 Å². The van der Waals surface area contributed by atoms with Crippen LogP contribution in [0.2, 0.25) is 0 Å². The Morgan fingerprint density at radius 1 is 1.24 bits per heavy atom. The van der Waals surface area contributed by atoms with Crippen LogP contribution >= 0.6 is 0 Å². The quantitative estimate of drug-likeness (QED) is 0.857. The Balaban J connectivity index is 2.16. The summed E-state index contributed by atoms with van der Waals surface area (Å²) in [5, 5.41) is 3.39. The molecule has 1 heterocycles. The molecule has 94 valence electrons. The van der Waals surface area contributed by atoms with Crippen molar-refractivity contribution in [1.29, 1.82) is 0 Å². The van der Waals surface area contributed by atoms with Crippen LogP contribution in [0.1, 0.15) is 24.8 Å². The minimum Gasteiger partial charge on any atom is -0.318 e. The van der Waals surface area contributed by atoms with Crippen LogP contribution in [0.15, 0.2) is 30.3 Å². The molecule has 1 N–H and O–H groups in total. The van der Waals surface area contributed by atoms with Gasteiger partial charge in [-0.3, -0.25) is 4.90 Å². The smallest absolute Gasteiger partial charge is 0.0371 e. The van der Waals surface area contributed by atoms with Crippen LogP contribution in [0.25, 0.3) is 0 Å². The van der Waals surface area contributed by atoms with Gasteiger partial charge in [0.25, 0.3) is 0 Å². The highest BCUT2D eigenvalue weighted by Crippen LogP contribution is 2.29. The van der Waals surface area contributed by atoms with Gasteiger partial charge in [-0.2, -0.15) is 0 Å². The molecule has 0 aliphatic carbocycles. The van der Waals surface area contributed by atoms with Gasteiger partial charge in [-0.15, -0.1) is 0 Å². The molecule has 0 bridgehead atoms. The summed E-state index contributed by atoms with van der Waals surface area (Å²) in [5.41, 5.74) is 1.77. The van der Waals surface area contributed by atoms with Gasteiger partial charge in [-0.25, -0.2) is 0 Å². The third kappa shape index (κ3) is 2.88. The predicted octanol–water partition coefficient (Wildman–Crippen LogP) is 2.30. The van der Waals surface area contributed by atoms with E-state index in [-0.39, 0.29) is 0 Å². The lowest BCUT2D eigenvalue weighted by Gasteiger charge is -2.46. The molecule has 2 rings (SSSR count). The lowest BCUT2D eigenvalue weighted by atomic mass is 9.81. The molecule has 1 aliphatic rings. The van der Waals surface area contributed by atoms with E-state index in [1.807, 2.05) is 0 Å². The summed E-state index contributed by atoms with van der Waals surface area (Å²) in [4.78, 5) is 2.56. The second-order valence-electron chi connectivity index (χ2n) is 5.30. The van der Waals surface area contributed by atoms with E-state index in [9.17, 15) is 0 Å². The van der Waals surface area contributed by atoms with E-state index in [1.54, 1.807) is 0 Å². The first-order valence-electron chi connectivity index (χ1n) is 6.67. The molecular weight excluding hydrogens is 208 g/mol. The molecule has 1 aliphatic heterocycles. The van der Waals surface area contributed by atoms with Crippen molar-refractivity contribution in [3.05, 3.63) is 35.9 Å². The molecule has 2 nitrogen and oxygen atoms in total. The molecule has 0 aromatic heterocycles. The number of hydrogen-bond donors (Lipinski definition) is 1. The molecule has 1 unspecified atom stereocenters. The van der Waals surface area contributed by atoms with Crippen molar-refractivity contribution in [3.63, 3.8) is 0 Å². The highest BCUT2D eigenvalue weighted by atomic mass is 15.2. The lowest BCUT2D eigenvalue weighted by molar-refractivity contribution is 0.0738. The number of benzene rings is 1. The first-order valence-corrected chi connectivity index (χ1v) is 6.67. The first-order chi connectivity index (χ1) is 8.27. The minimum atomic E-state index is 0.314. The van der Waals surface area contributed by atoms with Crippen LogP contribution in [0.5, 0.6) is 0 Å². The normalized spacial score (nSPS) is 26.0. The van der Waals surface area contributed by atoms with E-state index in [1.165, 1.54) is 31.4 Å². The Morgan fingerprint density at radius 3 is 2.65 bits per heavy atom. The molecule has 1 aromatic rings. The second kappa shape index (κ2) is 5.65. The minimum absolute atomic E-state index is 0.314. The lowest BCUT2D eigenvalue weighted by Crippen LogP contribution is -2.56. The standard InChI is InChI=1S/C15H24N2/c1-16-13-15(10-6-7-11-17(15)2)12-14-8-4-3-5-9-14/h3-5,8-9,16H,6-7,10-13H2,1-2H3. The van der Waals surface area contributed by atoms with Gasteiger partial charge in [0.2, 0.25) is 0 Å².